The standard InChI is InChI=1S/C27H29N3O5/c1-3-34-26(32)15-10-20-8-13-23(14-9-20)29-25(31)19-30(18-24-5-4-16-35-24)17-21-6-11-22(12-7-21)27(33)28-2/h4-16H,3,17-19H2,1-2H3,(H,28,33)(H,29,31)/b15-10+. The first-order chi connectivity index (χ1) is 17.0. The van der Waals surface area contributed by atoms with E-state index in [-0.39, 0.29) is 18.4 Å². The van der Waals surface area contributed by atoms with Crippen LogP contribution >= 0.6 is 0 Å². The number of rotatable bonds is 11. The summed E-state index contributed by atoms with van der Waals surface area (Å²) >= 11 is 0. The van der Waals surface area contributed by atoms with Crippen LogP contribution in [0.25, 0.3) is 6.08 Å². The zero-order valence-electron chi connectivity index (χ0n) is 19.8. The maximum atomic E-state index is 12.8. The smallest absolute Gasteiger partial charge is 0.330 e. The van der Waals surface area contributed by atoms with E-state index in [9.17, 15) is 14.4 Å². The summed E-state index contributed by atoms with van der Waals surface area (Å²) in [5.41, 5.74) is 3.01. The largest absolute Gasteiger partial charge is 0.468 e. The summed E-state index contributed by atoms with van der Waals surface area (Å²) in [6, 6.07) is 18.1. The molecule has 0 bridgehead atoms. The van der Waals surface area contributed by atoms with Crippen molar-refractivity contribution in [2.75, 3.05) is 25.5 Å². The summed E-state index contributed by atoms with van der Waals surface area (Å²) in [6.07, 6.45) is 4.62. The Morgan fingerprint density at radius 3 is 2.37 bits per heavy atom. The Hall–Kier alpha value is -4.17. The fourth-order valence-electron chi connectivity index (χ4n) is 3.39. The van der Waals surface area contributed by atoms with Crippen molar-refractivity contribution in [3.8, 4) is 0 Å². The zero-order valence-corrected chi connectivity index (χ0v) is 19.8. The number of nitrogens with one attached hydrogen (secondary N) is 2. The van der Waals surface area contributed by atoms with Crippen molar-refractivity contribution < 1.29 is 23.5 Å². The molecule has 8 nitrogen and oxygen atoms in total. The Bertz CT molecular complexity index is 1140. The molecule has 3 rings (SSSR count). The van der Waals surface area contributed by atoms with E-state index in [1.165, 1.54) is 6.08 Å². The number of carbonyl (C=O) groups is 3. The van der Waals surface area contributed by atoms with Gasteiger partial charge in [-0.1, -0.05) is 24.3 Å². The van der Waals surface area contributed by atoms with Crippen molar-refractivity contribution in [3.05, 3.63) is 95.5 Å². The number of hydrogen-bond acceptors (Lipinski definition) is 6. The van der Waals surface area contributed by atoms with Crippen LogP contribution in [0, 0.1) is 0 Å². The normalized spacial score (nSPS) is 10.9. The van der Waals surface area contributed by atoms with Gasteiger partial charge in [0.15, 0.2) is 0 Å². The topological polar surface area (TPSA) is 101 Å². The number of ether oxygens (including phenoxy) is 1. The number of esters is 1. The van der Waals surface area contributed by atoms with E-state index in [4.69, 9.17) is 9.15 Å². The maximum Gasteiger partial charge on any atom is 0.330 e. The molecule has 1 aromatic heterocycles. The van der Waals surface area contributed by atoms with Crippen molar-refractivity contribution in [3.63, 3.8) is 0 Å². The van der Waals surface area contributed by atoms with Crippen molar-refractivity contribution in [1.82, 2.24) is 10.2 Å². The van der Waals surface area contributed by atoms with Crippen LogP contribution in [0.3, 0.4) is 0 Å². The highest BCUT2D eigenvalue weighted by Crippen LogP contribution is 2.14. The van der Waals surface area contributed by atoms with Gasteiger partial charge >= 0.3 is 5.97 Å². The summed E-state index contributed by atoms with van der Waals surface area (Å²) < 4.78 is 10.3. The average Bonchev–Trinajstić information content (AvgIpc) is 3.37. The fourth-order valence-corrected chi connectivity index (χ4v) is 3.39. The number of hydrogen-bond donors (Lipinski definition) is 2. The highest BCUT2D eigenvalue weighted by Gasteiger charge is 2.14. The van der Waals surface area contributed by atoms with Crippen LogP contribution < -0.4 is 10.6 Å². The van der Waals surface area contributed by atoms with E-state index in [1.54, 1.807) is 62.7 Å². The first-order valence-corrected chi connectivity index (χ1v) is 11.3. The van der Waals surface area contributed by atoms with E-state index >= 15 is 0 Å². The minimum Gasteiger partial charge on any atom is -0.468 e. The summed E-state index contributed by atoms with van der Waals surface area (Å²) in [4.78, 5) is 38.0. The second-order valence-corrected chi connectivity index (χ2v) is 7.76. The first-order valence-electron chi connectivity index (χ1n) is 11.3. The predicted molar refractivity (Wildman–Crippen MR) is 133 cm³/mol. The van der Waals surface area contributed by atoms with Crippen LogP contribution in [0.5, 0.6) is 0 Å². The Kier molecular flexibility index (Phi) is 9.39. The molecule has 0 saturated carbocycles. The van der Waals surface area contributed by atoms with Gasteiger partial charge in [-0.2, -0.15) is 0 Å². The molecule has 182 valence electrons. The summed E-state index contributed by atoms with van der Waals surface area (Å²) in [5, 5.41) is 5.50. The van der Waals surface area contributed by atoms with Gasteiger partial charge in [0.05, 0.1) is 26.0 Å². The molecule has 35 heavy (non-hydrogen) atoms. The second-order valence-electron chi connectivity index (χ2n) is 7.76. The third kappa shape index (κ3) is 8.28. The molecule has 1 heterocycles. The Morgan fingerprint density at radius 2 is 1.74 bits per heavy atom. The Morgan fingerprint density at radius 1 is 1.00 bits per heavy atom. The highest BCUT2D eigenvalue weighted by molar-refractivity contribution is 5.94. The van der Waals surface area contributed by atoms with Gasteiger partial charge in [-0.05, 0) is 60.5 Å². The van der Waals surface area contributed by atoms with Crippen LogP contribution in [0.1, 0.15) is 34.2 Å². The maximum absolute atomic E-state index is 12.8. The molecule has 0 aliphatic rings. The molecule has 0 fully saturated rings. The molecule has 0 aliphatic carbocycles. The Balaban J connectivity index is 1.62. The van der Waals surface area contributed by atoms with Gasteiger partial charge in [-0.15, -0.1) is 0 Å². The third-order valence-corrected chi connectivity index (χ3v) is 5.07. The lowest BCUT2D eigenvalue weighted by Gasteiger charge is -2.21. The number of furan rings is 1. The van der Waals surface area contributed by atoms with E-state index in [2.05, 4.69) is 10.6 Å². The van der Waals surface area contributed by atoms with Crippen molar-refractivity contribution in [1.29, 1.82) is 0 Å². The van der Waals surface area contributed by atoms with Gasteiger partial charge in [0.25, 0.3) is 5.91 Å². The molecule has 0 aliphatic heterocycles. The molecule has 0 atom stereocenters. The number of anilines is 1. The molecule has 0 spiro atoms. The lowest BCUT2D eigenvalue weighted by molar-refractivity contribution is -0.137. The molecular formula is C27H29N3O5. The minimum atomic E-state index is -0.398. The van der Waals surface area contributed by atoms with Crippen LogP contribution in [0.2, 0.25) is 0 Å². The molecule has 0 radical (unpaired) electrons. The van der Waals surface area contributed by atoms with Crippen LogP contribution in [0.15, 0.2) is 77.4 Å². The summed E-state index contributed by atoms with van der Waals surface area (Å²) in [6.45, 7) is 3.17. The van der Waals surface area contributed by atoms with Crippen molar-refractivity contribution in [2.24, 2.45) is 0 Å². The summed E-state index contributed by atoms with van der Waals surface area (Å²) in [5.74, 6) is 0.0291. The van der Waals surface area contributed by atoms with Gasteiger partial charge in [-0.25, -0.2) is 4.79 Å². The highest BCUT2D eigenvalue weighted by atomic mass is 16.5. The zero-order chi connectivity index (χ0) is 25.0. The predicted octanol–water partition coefficient (Wildman–Crippen LogP) is 3.86. The van der Waals surface area contributed by atoms with Crippen molar-refractivity contribution >= 4 is 29.5 Å². The number of benzene rings is 2. The third-order valence-electron chi connectivity index (χ3n) is 5.07. The number of carbonyl (C=O) groups excluding carboxylic acids is 3. The van der Waals surface area contributed by atoms with E-state index in [1.807, 2.05) is 29.2 Å². The van der Waals surface area contributed by atoms with E-state index in [0.717, 1.165) is 16.9 Å². The number of amides is 2. The molecule has 3 aromatic rings. The van der Waals surface area contributed by atoms with Crippen LogP contribution in [-0.4, -0.2) is 42.9 Å². The lowest BCUT2D eigenvalue weighted by atomic mass is 10.1. The Labute approximate surface area is 204 Å². The molecule has 2 amide bonds. The van der Waals surface area contributed by atoms with Gasteiger partial charge in [-0.3, -0.25) is 14.5 Å². The van der Waals surface area contributed by atoms with Gasteiger partial charge in [0.1, 0.15) is 5.76 Å². The molecule has 2 N–H and O–H groups in total. The summed E-state index contributed by atoms with van der Waals surface area (Å²) in [7, 11) is 1.59. The van der Waals surface area contributed by atoms with Crippen LogP contribution in [-0.2, 0) is 27.4 Å². The molecule has 0 saturated heterocycles. The van der Waals surface area contributed by atoms with Gasteiger partial charge < -0.3 is 19.8 Å². The number of nitrogens with zero attached hydrogens (tertiary/aromatic N) is 1. The van der Waals surface area contributed by atoms with Crippen LogP contribution in [0.4, 0.5) is 5.69 Å². The quantitative estimate of drug-likeness (QED) is 0.323. The van der Waals surface area contributed by atoms with E-state index < -0.39 is 5.97 Å². The minimum absolute atomic E-state index is 0.141. The molecule has 2 aromatic carbocycles. The molecular weight excluding hydrogens is 446 g/mol. The lowest BCUT2D eigenvalue weighted by Crippen LogP contribution is -2.32. The van der Waals surface area contributed by atoms with Gasteiger partial charge in [0.2, 0.25) is 5.91 Å². The fraction of sp³-hybridized carbons (Fsp3) is 0.222. The van der Waals surface area contributed by atoms with Gasteiger partial charge in [0, 0.05) is 30.9 Å². The monoisotopic (exact) mass is 475 g/mol. The second kappa shape index (κ2) is 12.9. The first kappa shape index (κ1) is 25.5. The average molecular weight is 476 g/mol. The molecule has 8 heteroatoms. The molecule has 0 unspecified atom stereocenters. The van der Waals surface area contributed by atoms with Crippen molar-refractivity contribution in [2.45, 2.75) is 20.0 Å². The SMILES string of the molecule is CCOC(=O)/C=C/c1ccc(NC(=O)CN(Cc2ccc(C(=O)NC)cc2)Cc2ccco2)cc1. The van der Waals surface area contributed by atoms with E-state index in [0.29, 0.717) is 30.9 Å².